The van der Waals surface area contributed by atoms with E-state index in [9.17, 15) is 9.59 Å². The molecule has 5 nitrogen and oxygen atoms in total. The van der Waals surface area contributed by atoms with Crippen LogP contribution in [0.5, 0.6) is 0 Å². The largest absolute Gasteiger partial charge is 0.478 e. The van der Waals surface area contributed by atoms with Crippen molar-refractivity contribution in [1.29, 1.82) is 0 Å². The van der Waals surface area contributed by atoms with Crippen molar-refractivity contribution < 1.29 is 19.8 Å². The molecule has 1 aliphatic rings. The molecule has 0 amide bonds. The highest BCUT2D eigenvalue weighted by molar-refractivity contribution is 5.88. The molecule has 0 aromatic heterocycles. The van der Waals surface area contributed by atoms with Crippen LogP contribution in [0.3, 0.4) is 0 Å². The fourth-order valence-electron chi connectivity index (χ4n) is 3.40. The van der Waals surface area contributed by atoms with Gasteiger partial charge in [-0.1, -0.05) is 24.3 Å². The van der Waals surface area contributed by atoms with Gasteiger partial charge < -0.3 is 10.2 Å². The molecule has 0 aliphatic carbocycles. The van der Waals surface area contributed by atoms with Crippen molar-refractivity contribution >= 4 is 11.9 Å². The first-order chi connectivity index (χ1) is 12.0. The molecule has 1 aliphatic heterocycles. The number of hydrogen-bond acceptors (Lipinski definition) is 3. The molecule has 2 aromatic carbocycles. The molecule has 25 heavy (non-hydrogen) atoms. The van der Waals surface area contributed by atoms with E-state index in [1.807, 2.05) is 18.2 Å². The maximum absolute atomic E-state index is 11.1. The average Bonchev–Trinajstić information content (AvgIpc) is 3.02. The fourth-order valence-corrected chi connectivity index (χ4v) is 3.40. The zero-order valence-corrected chi connectivity index (χ0v) is 13.9. The van der Waals surface area contributed by atoms with Crippen molar-refractivity contribution in [3.63, 3.8) is 0 Å². The molecule has 1 atom stereocenters. The molecule has 0 spiro atoms. The molecule has 0 radical (unpaired) electrons. The first-order valence-electron chi connectivity index (χ1n) is 8.38. The Bertz CT molecular complexity index is 770. The molecule has 0 bridgehead atoms. The van der Waals surface area contributed by atoms with Crippen molar-refractivity contribution in [2.24, 2.45) is 5.92 Å². The Hall–Kier alpha value is -2.66. The Balaban J connectivity index is 1.55. The lowest BCUT2D eigenvalue weighted by Crippen LogP contribution is -2.20. The van der Waals surface area contributed by atoms with Crippen LogP contribution in [0.1, 0.15) is 38.3 Å². The van der Waals surface area contributed by atoms with Gasteiger partial charge in [-0.15, -0.1) is 0 Å². The van der Waals surface area contributed by atoms with E-state index in [0.717, 1.165) is 43.6 Å². The molecule has 2 aromatic rings. The van der Waals surface area contributed by atoms with Crippen molar-refractivity contribution in [3.8, 4) is 0 Å². The van der Waals surface area contributed by atoms with E-state index in [1.165, 1.54) is 0 Å². The third-order valence-electron chi connectivity index (χ3n) is 4.68. The predicted molar refractivity (Wildman–Crippen MR) is 93.9 cm³/mol. The molecule has 0 saturated carbocycles. The van der Waals surface area contributed by atoms with E-state index in [1.54, 1.807) is 30.3 Å². The van der Waals surface area contributed by atoms with Crippen LogP contribution < -0.4 is 0 Å². The van der Waals surface area contributed by atoms with Gasteiger partial charge in [0, 0.05) is 13.1 Å². The molecule has 3 rings (SSSR count). The molecule has 1 saturated heterocycles. The van der Waals surface area contributed by atoms with E-state index in [2.05, 4.69) is 4.90 Å². The van der Waals surface area contributed by atoms with E-state index in [4.69, 9.17) is 10.2 Å². The quantitative estimate of drug-likeness (QED) is 0.845. The van der Waals surface area contributed by atoms with Crippen LogP contribution in [0.2, 0.25) is 0 Å². The zero-order chi connectivity index (χ0) is 17.8. The Morgan fingerprint density at radius 2 is 1.68 bits per heavy atom. The van der Waals surface area contributed by atoms with Crippen LogP contribution in [0.25, 0.3) is 0 Å². The lowest BCUT2D eigenvalue weighted by molar-refractivity contribution is 0.0686. The SMILES string of the molecule is O=C(O)c1ccc(CN2CC[C@@H](Cc3cccc(C(=O)O)c3)C2)cc1. The van der Waals surface area contributed by atoms with Gasteiger partial charge in [0.2, 0.25) is 0 Å². The van der Waals surface area contributed by atoms with E-state index >= 15 is 0 Å². The summed E-state index contributed by atoms with van der Waals surface area (Å²) in [5, 5.41) is 18.0. The van der Waals surface area contributed by atoms with Gasteiger partial charge >= 0.3 is 11.9 Å². The standard InChI is InChI=1S/C20H21NO4/c22-19(23)17-6-4-14(5-7-17)12-21-9-8-16(13-21)10-15-2-1-3-18(11-15)20(24)25/h1-7,11,16H,8-10,12-13H2,(H,22,23)(H,24,25)/t16-/m0/s1. The molecule has 130 valence electrons. The second kappa shape index (κ2) is 7.49. The number of rotatable bonds is 6. The van der Waals surface area contributed by atoms with Gasteiger partial charge in [0.15, 0.2) is 0 Å². The van der Waals surface area contributed by atoms with E-state index in [0.29, 0.717) is 17.0 Å². The van der Waals surface area contributed by atoms with Crippen molar-refractivity contribution in [1.82, 2.24) is 4.90 Å². The predicted octanol–water partition coefficient (Wildman–Crippen LogP) is 3.15. The summed E-state index contributed by atoms with van der Waals surface area (Å²) in [4.78, 5) is 24.3. The average molecular weight is 339 g/mol. The number of nitrogens with zero attached hydrogens (tertiary/aromatic N) is 1. The first-order valence-corrected chi connectivity index (χ1v) is 8.38. The summed E-state index contributed by atoms with van der Waals surface area (Å²) in [6.07, 6.45) is 1.97. The summed E-state index contributed by atoms with van der Waals surface area (Å²) in [6, 6.07) is 14.2. The van der Waals surface area contributed by atoms with Crippen LogP contribution in [0.4, 0.5) is 0 Å². The van der Waals surface area contributed by atoms with Crippen molar-refractivity contribution in [2.45, 2.75) is 19.4 Å². The number of hydrogen-bond donors (Lipinski definition) is 2. The summed E-state index contributed by atoms with van der Waals surface area (Å²) < 4.78 is 0. The lowest BCUT2D eigenvalue weighted by Gasteiger charge is -2.16. The molecular weight excluding hydrogens is 318 g/mol. The Morgan fingerprint density at radius 1 is 0.960 bits per heavy atom. The van der Waals surface area contributed by atoms with Gasteiger partial charge in [-0.25, -0.2) is 9.59 Å². The summed E-state index contributed by atoms with van der Waals surface area (Å²) in [7, 11) is 0. The van der Waals surface area contributed by atoms with Crippen LogP contribution in [-0.2, 0) is 13.0 Å². The van der Waals surface area contributed by atoms with Gasteiger partial charge in [-0.3, -0.25) is 4.90 Å². The summed E-state index contributed by atoms with van der Waals surface area (Å²) in [5.74, 6) is -1.28. The van der Waals surface area contributed by atoms with Crippen LogP contribution in [0.15, 0.2) is 48.5 Å². The Morgan fingerprint density at radius 3 is 2.36 bits per heavy atom. The van der Waals surface area contributed by atoms with E-state index in [-0.39, 0.29) is 0 Å². The van der Waals surface area contributed by atoms with Crippen LogP contribution >= 0.6 is 0 Å². The number of carbonyl (C=O) groups is 2. The van der Waals surface area contributed by atoms with Crippen molar-refractivity contribution in [2.75, 3.05) is 13.1 Å². The summed E-state index contributed by atoms with van der Waals surface area (Å²) in [6.45, 7) is 2.79. The first kappa shape index (κ1) is 17.2. The number of carboxylic acid groups (broad SMARTS) is 2. The minimum Gasteiger partial charge on any atom is -0.478 e. The van der Waals surface area contributed by atoms with Gasteiger partial charge in [-0.2, -0.15) is 0 Å². The van der Waals surface area contributed by atoms with E-state index < -0.39 is 11.9 Å². The van der Waals surface area contributed by atoms with Crippen LogP contribution in [-0.4, -0.2) is 40.1 Å². The zero-order valence-electron chi connectivity index (χ0n) is 13.9. The topological polar surface area (TPSA) is 77.8 Å². The molecule has 1 heterocycles. The van der Waals surface area contributed by atoms with Gasteiger partial charge in [0.1, 0.15) is 0 Å². The van der Waals surface area contributed by atoms with Gasteiger partial charge in [-0.05, 0) is 60.7 Å². The van der Waals surface area contributed by atoms with Gasteiger partial charge in [0.25, 0.3) is 0 Å². The number of aromatic carboxylic acids is 2. The highest BCUT2D eigenvalue weighted by atomic mass is 16.4. The monoisotopic (exact) mass is 339 g/mol. The second-order valence-corrected chi connectivity index (χ2v) is 6.60. The molecular formula is C20H21NO4. The summed E-state index contributed by atoms with van der Waals surface area (Å²) in [5.41, 5.74) is 2.82. The Labute approximate surface area is 146 Å². The maximum atomic E-state index is 11.1. The minimum atomic E-state index is -0.906. The number of benzene rings is 2. The highest BCUT2D eigenvalue weighted by Crippen LogP contribution is 2.23. The Kier molecular flexibility index (Phi) is 5.14. The maximum Gasteiger partial charge on any atom is 0.335 e. The summed E-state index contributed by atoms with van der Waals surface area (Å²) >= 11 is 0. The smallest absolute Gasteiger partial charge is 0.335 e. The van der Waals surface area contributed by atoms with Crippen LogP contribution in [0, 0.1) is 5.92 Å². The fraction of sp³-hybridized carbons (Fsp3) is 0.300. The highest BCUT2D eigenvalue weighted by Gasteiger charge is 2.23. The second-order valence-electron chi connectivity index (χ2n) is 6.60. The molecule has 1 fully saturated rings. The van der Waals surface area contributed by atoms with Crippen molar-refractivity contribution in [3.05, 3.63) is 70.8 Å². The number of likely N-dealkylation sites (tertiary alicyclic amines) is 1. The number of carboxylic acids is 2. The normalized spacial score (nSPS) is 17.5. The lowest BCUT2D eigenvalue weighted by atomic mass is 9.97. The molecule has 5 heteroatoms. The third-order valence-corrected chi connectivity index (χ3v) is 4.68. The molecule has 2 N–H and O–H groups in total. The molecule has 0 unspecified atom stereocenters. The third kappa shape index (κ3) is 4.45. The van der Waals surface area contributed by atoms with Gasteiger partial charge in [0.05, 0.1) is 11.1 Å². The minimum absolute atomic E-state index is 0.307.